The fourth-order valence-corrected chi connectivity index (χ4v) is 4.07. The van der Waals surface area contributed by atoms with Gasteiger partial charge in [-0.1, -0.05) is 42.5 Å². The van der Waals surface area contributed by atoms with Crippen LogP contribution in [0.25, 0.3) is 16.8 Å². The van der Waals surface area contributed by atoms with E-state index in [1.54, 1.807) is 16.3 Å². The first-order valence-electron chi connectivity index (χ1n) is 8.76. The maximum atomic E-state index is 13.0. The van der Waals surface area contributed by atoms with Gasteiger partial charge in [-0.25, -0.2) is 4.98 Å². The predicted molar refractivity (Wildman–Crippen MR) is 107 cm³/mol. The number of hydrogen-bond donors (Lipinski definition) is 2. The summed E-state index contributed by atoms with van der Waals surface area (Å²) in [6, 6.07) is 14.6. The van der Waals surface area contributed by atoms with Gasteiger partial charge in [0.15, 0.2) is 0 Å². The Bertz CT molecular complexity index is 1090. The van der Waals surface area contributed by atoms with E-state index in [2.05, 4.69) is 4.98 Å². The average Bonchev–Trinajstić information content (AvgIpc) is 3.27. The van der Waals surface area contributed by atoms with Gasteiger partial charge in [0.2, 0.25) is 0 Å². The first-order chi connectivity index (χ1) is 13.8. The molecule has 0 bridgehead atoms. The van der Waals surface area contributed by atoms with E-state index in [1.807, 2.05) is 30.3 Å². The van der Waals surface area contributed by atoms with Crippen molar-refractivity contribution in [2.75, 3.05) is 6.54 Å². The molecule has 1 aliphatic heterocycles. The molecule has 3 aromatic rings. The number of hydrogen-bond acceptors (Lipinski definition) is 4. The Hall–Kier alpha value is -3.13. The number of thiazole rings is 1. The third-order valence-electron chi connectivity index (χ3n) is 4.60. The maximum Gasteiger partial charge on any atom is 0.416 e. The van der Waals surface area contributed by atoms with Gasteiger partial charge in [0, 0.05) is 17.5 Å². The molecule has 0 saturated carbocycles. The summed E-state index contributed by atoms with van der Waals surface area (Å²) >= 11 is 1.19. The van der Waals surface area contributed by atoms with Crippen molar-refractivity contribution >= 4 is 22.7 Å². The van der Waals surface area contributed by atoms with Gasteiger partial charge < -0.3 is 10.0 Å². The molecule has 0 saturated heterocycles. The molecule has 1 aromatic heterocycles. The van der Waals surface area contributed by atoms with Crippen molar-refractivity contribution in [3.05, 3.63) is 81.9 Å². The number of alkyl halides is 3. The molecule has 0 radical (unpaired) electrons. The molecule has 4 rings (SSSR count). The SMILES string of the molecule is N=C1C(c2nc(-c3cccc(C(F)(F)F)c3)cs2)=C(O)CN1Cc1ccccc1. The van der Waals surface area contributed by atoms with E-state index < -0.39 is 11.7 Å². The van der Waals surface area contributed by atoms with Gasteiger partial charge in [0.25, 0.3) is 0 Å². The summed E-state index contributed by atoms with van der Waals surface area (Å²) in [5.41, 5.74) is 1.31. The van der Waals surface area contributed by atoms with Crippen molar-refractivity contribution in [2.24, 2.45) is 0 Å². The van der Waals surface area contributed by atoms with Crippen molar-refractivity contribution in [1.82, 2.24) is 9.88 Å². The van der Waals surface area contributed by atoms with Crippen LogP contribution >= 0.6 is 11.3 Å². The smallest absolute Gasteiger partial charge is 0.416 e. The molecule has 0 amide bonds. The summed E-state index contributed by atoms with van der Waals surface area (Å²) in [7, 11) is 0. The molecule has 2 N–H and O–H groups in total. The molecule has 4 nitrogen and oxygen atoms in total. The topological polar surface area (TPSA) is 60.2 Å². The van der Waals surface area contributed by atoms with Crippen molar-refractivity contribution < 1.29 is 18.3 Å². The Morgan fingerprint density at radius 1 is 1.10 bits per heavy atom. The van der Waals surface area contributed by atoms with E-state index in [0.717, 1.165) is 17.7 Å². The monoisotopic (exact) mass is 415 g/mol. The number of aromatic nitrogens is 1. The predicted octanol–water partition coefficient (Wildman–Crippen LogP) is 5.59. The third kappa shape index (κ3) is 3.88. The van der Waals surface area contributed by atoms with E-state index in [9.17, 15) is 18.3 Å². The zero-order chi connectivity index (χ0) is 20.6. The number of nitrogens with one attached hydrogen (secondary N) is 1. The highest BCUT2D eigenvalue weighted by atomic mass is 32.1. The Morgan fingerprint density at radius 3 is 2.59 bits per heavy atom. The zero-order valence-electron chi connectivity index (χ0n) is 15.1. The normalized spacial score (nSPS) is 14.7. The summed E-state index contributed by atoms with van der Waals surface area (Å²) in [5, 5.41) is 20.9. The summed E-state index contributed by atoms with van der Waals surface area (Å²) in [6.45, 7) is 0.667. The lowest BCUT2D eigenvalue weighted by Crippen LogP contribution is -2.25. The van der Waals surface area contributed by atoms with Crippen LogP contribution < -0.4 is 0 Å². The van der Waals surface area contributed by atoms with E-state index in [1.165, 1.54) is 17.4 Å². The van der Waals surface area contributed by atoms with Crippen LogP contribution in [0.5, 0.6) is 0 Å². The molecule has 29 heavy (non-hydrogen) atoms. The summed E-state index contributed by atoms with van der Waals surface area (Å²) < 4.78 is 38.9. The molecular formula is C21H16F3N3OS. The minimum Gasteiger partial charge on any atom is -0.510 e. The lowest BCUT2D eigenvalue weighted by Gasteiger charge is -2.18. The fraction of sp³-hybridized carbons (Fsp3) is 0.143. The molecule has 148 valence electrons. The van der Waals surface area contributed by atoms with Gasteiger partial charge in [-0.15, -0.1) is 11.3 Å². The van der Waals surface area contributed by atoms with Gasteiger partial charge in [0.05, 0.1) is 23.4 Å². The van der Waals surface area contributed by atoms with Crippen molar-refractivity contribution in [3.63, 3.8) is 0 Å². The van der Waals surface area contributed by atoms with Crippen LogP contribution in [0.4, 0.5) is 13.2 Å². The lowest BCUT2D eigenvalue weighted by molar-refractivity contribution is -0.137. The van der Waals surface area contributed by atoms with Crippen LogP contribution in [0, 0.1) is 5.41 Å². The standard InChI is InChI=1S/C21H16F3N3OS/c22-21(23,24)15-8-4-7-14(9-15)16-12-29-20(26-16)18-17(28)11-27(19(18)25)10-13-5-2-1-3-6-13/h1-9,12,25,28H,10-11H2. The number of amidine groups is 1. The first-order valence-corrected chi connectivity index (χ1v) is 9.64. The van der Waals surface area contributed by atoms with E-state index in [4.69, 9.17) is 5.41 Å². The molecule has 0 aliphatic carbocycles. The summed E-state index contributed by atoms with van der Waals surface area (Å²) in [4.78, 5) is 6.12. The highest BCUT2D eigenvalue weighted by molar-refractivity contribution is 7.11. The second-order valence-electron chi connectivity index (χ2n) is 6.63. The summed E-state index contributed by atoms with van der Waals surface area (Å²) in [6.07, 6.45) is -4.43. The average molecular weight is 415 g/mol. The molecule has 8 heteroatoms. The quantitative estimate of drug-likeness (QED) is 0.584. The largest absolute Gasteiger partial charge is 0.510 e. The van der Waals surface area contributed by atoms with Crippen LogP contribution in [0.2, 0.25) is 0 Å². The highest BCUT2D eigenvalue weighted by Crippen LogP contribution is 2.35. The molecule has 2 heterocycles. The summed E-state index contributed by atoms with van der Waals surface area (Å²) in [5.74, 6) is 0.187. The Balaban J connectivity index is 1.58. The Labute approximate surface area is 169 Å². The van der Waals surface area contributed by atoms with E-state index in [0.29, 0.717) is 28.4 Å². The second-order valence-corrected chi connectivity index (χ2v) is 7.49. The van der Waals surface area contributed by atoms with Crippen LogP contribution in [0.3, 0.4) is 0 Å². The van der Waals surface area contributed by atoms with Crippen LogP contribution in [0.15, 0.2) is 65.7 Å². The maximum absolute atomic E-state index is 13.0. The Morgan fingerprint density at radius 2 is 1.86 bits per heavy atom. The van der Waals surface area contributed by atoms with Crippen molar-refractivity contribution in [2.45, 2.75) is 12.7 Å². The zero-order valence-corrected chi connectivity index (χ0v) is 15.9. The number of rotatable bonds is 4. The molecule has 0 atom stereocenters. The number of aliphatic hydroxyl groups excluding tert-OH is 1. The van der Waals surface area contributed by atoms with Crippen LogP contribution in [-0.2, 0) is 12.7 Å². The van der Waals surface area contributed by atoms with Gasteiger partial charge in [-0.2, -0.15) is 13.2 Å². The second kappa shape index (κ2) is 7.36. The van der Waals surface area contributed by atoms with E-state index in [-0.39, 0.29) is 18.1 Å². The fourth-order valence-electron chi connectivity index (χ4n) is 3.17. The molecular weight excluding hydrogens is 399 g/mol. The van der Waals surface area contributed by atoms with Crippen LogP contribution in [-0.4, -0.2) is 27.4 Å². The third-order valence-corrected chi connectivity index (χ3v) is 5.46. The molecule has 0 unspecified atom stereocenters. The van der Waals surface area contributed by atoms with Gasteiger partial charge in [-0.3, -0.25) is 5.41 Å². The molecule has 0 spiro atoms. The van der Waals surface area contributed by atoms with Crippen LogP contribution in [0.1, 0.15) is 16.1 Å². The van der Waals surface area contributed by atoms with Crippen molar-refractivity contribution in [1.29, 1.82) is 5.41 Å². The minimum absolute atomic E-state index is 0.0378. The van der Waals surface area contributed by atoms with Gasteiger partial charge in [-0.05, 0) is 17.7 Å². The Kier molecular flexibility index (Phi) is 4.87. The van der Waals surface area contributed by atoms with E-state index >= 15 is 0 Å². The molecule has 2 aromatic carbocycles. The first kappa shape index (κ1) is 19.2. The van der Waals surface area contributed by atoms with Crippen molar-refractivity contribution in [3.8, 4) is 11.3 Å². The number of halogens is 3. The lowest BCUT2D eigenvalue weighted by atomic mass is 10.1. The number of aliphatic hydroxyl groups is 1. The molecule has 1 aliphatic rings. The number of benzene rings is 2. The molecule has 0 fully saturated rings. The number of nitrogens with zero attached hydrogens (tertiary/aromatic N) is 2. The minimum atomic E-state index is -4.43. The van der Waals surface area contributed by atoms with Gasteiger partial charge >= 0.3 is 6.18 Å². The van der Waals surface area contributed by atoms with Gasteiger partial charge in [0.1, 0.15) is 16.6 Å². The highest BCUT2D eigenvalue weighted by Gasteiger charge is 2.32.